The van der Waals surface area contributed by atoms with Gasteiger partial charge in [0.25, 0.3) is 0 Å². The summed E-state index contributed by atoms with van der Waals surface area (Å²) in [4.78, 5) is 0. The van der Waals surface area contributed by atoms with E-state index in [-0.39, 0.29) is 0 Å². The van der Waals surface area contributed by atoms with Crippen LogP contribution in [0.15, 0.2) is 24.3 Å². The molecule has 0 aromatic heterocycles. The molecule has 0 aliphatic heterocycles. The molecular weight excluding hydrogens is 219 g/mol. The largest absolute Gasteiger partial charge is 0.422 e. The van der Waals surface area contributed by atoms with E-state index in [2.05, 4.69) is 0 Å². The van der Waals surface area contributed by atoms with Gasteiger partial charge in [-0.2, -0.15) is 4.39 Å². The highest BCUT2D eigenvalue weighted by Crippen LogP contribution is 2.33. The number of halogens is 4. The Morgan fingerprint density at radius 2 is 1.71 bits per heavy atom. The van der Waals surface area contributed by atoms with Crippen LogP contribution in [0.5, 0.6) is 0 Å². The fraction of sp³-hybridized carbons (Fsp3) is 0.250. The summed E-state index contributed by atoms with van der Waals surface area (Å²) >= 11 is 0. The Bertz CT molecular complexity index is 342. The van der Waals surface area contributed by atoms with E-state index in [4.69, 9.17) is 0 Å². The highest BCUT2D eigenvalue weighted by molar-refractivity contribution is 7.54. The first-order valence-corrected chi connectivity index (χ1v) is 5.00. The molecule has 1 aromatic carbocycles. The molecule has 2 atom stereocenters. The molecule has 0 saturated carbocycles. The van der Waals surface area contributed by atoms with Crippen molar-refractivity contribution in [1.82, 2.24) is 0 Å². The molecule has 0 radical (unpaired) electrons. The maximum atomic E-state index is 12.9. The Hall–Kier alpha value is -0.960. The summed E-state index contributed by atoms with van der Waals surface area (Å²) in [7, 11) is -3.04. The van der Waals surface area contributed by atoms with Crippen molar-refractivity contribution in [2.45, 2.75) is 12.3 Å². The molecule has 0 aliphatic rings. The third-order valence-electron chi connectivity index (χ3n) is 1.52. The monoisotopic (exact) mass is 225 g/mol. The molecule has 2 unspecified atom stereocenters. The quantitative estimate of drug-likeness (QED) is 0.571. The lowest BCUT2D eigenvalue weighted by molar-refractivity contribution is 0.0915. The Labute approximate surface area is 78.5 Å². The fourth-order valence-electron chi connectivity index (χ4n) is 0.866. The first-order valence-electron chi connectivity index (χ1n) is 3.67. The van der Waals surface area contributed by atoms with Crippen molar-refractivity contribution >= 4 is 13.1 Å². The number of benzene rings is 1. The maximum absolute atomic E-state index is 12.9. The predicted molar refractivity (Wildman–Crippen MR) is 44.5 cm³/mol. The van der Waals surface area contributed by atoms with Crippen LogP contribution >= 0.6 is 7.80 Å². The van der Waals surface area contributed by atoms with Crippen molar-refractivity contribution < 1.29 is 22.1 Å². The standard InChI is InChI=1S/C8H6F4OP/c9-5-3-1-2-4-6(5)14(13)8(12)7(10)11/h1-4,7-8H/q+1. The van der Waals surface area contributed by atoms with Crippen molar-refractivity contribution in [3.63, 3.8) is 0 Å². The Morgan fingerprint density at radius 1 is 1.14 bits per heavy atom. The normalized spacial score (nSPS) is 14.2. The second kappa shape index (κ2) is 4.51. The Kier molecular flexibility index (Phi) is 3.58. The van der Waals surface area contributed by atoms with E-state index in [1.54, 1.807) is 0 Å². The van der Waals surface area contributed by atoms with Crippen LogP contribution in [0.2, 0.25) is 0 Å². The number of rotatable bonds is 3. The Balaban J connectivity index is 2.95. The molecular formula is C8H6F4OP+. The van der Waals surface area contributed by atoms with E-state index in [0.717, 1.165) is 12.1 Å². The highest BCUT2D eigenvalue weighted by atomic mass is 31.1. The van der Waals surface area contributed by atoms with Gasteiger partial charge in [-0.25, -0.2) is 13.2 Å². The first-order chi connectivity index (χ1) is 6.54. The lowest BCUT2D eigenvalue weighted by atomic mass is 10.3. The molecule has 0 spiro atoms. The van der Waals surface area contributed by atoms with Gasteiger partial charge in [0.1, 0.15) is 0 Å². The van der Waals surface area contributed by atoms with Crippen molar-refractivity contribution in [2.75, 3.05) is 0 Å². The fourth-order valence-corrected chi connectivity index (χ4v) is 1.85. The van der Waals surface area contributed by atoms with Crippen molar-refractivity contribution in [2.24, 2.45) is 0 Å². The van der Waals surface area contributed by atoms with Crippen LogP contribution in [-0.2, 0) is 4.57 Å². The minimum atomic E-state index is -3.36. The van der Waals surface area contributed by atoms with Crippen LogP contribution in [0.3, 0.4) is 0 Å². The van der Waals surface area contributed by atoms with E-state index in [9.17, 15) is 22.1 Å². The molecule has 0 fully saturated rings. The number of hydrogen-bond donors (Lipinski definition) is 0. The minimum absolute atomic E-state index is 0.504. The smallest absolute Gasteiger partial charge is 0.202 e. The van der Waals surface area contributed by atoms with Crippen LogP contribution in [0.1, 0.15) is 0 Å². The predicted octanol–water partition coefficient (Wildman–Crippen LogP) is 2.84. The van der Waals surface area contributed by atoms with E-state index < -0.39 is 31.3 Å². The van der Waals surface area contributed by atoms with Gasteiger partial charge in [-0.15, -0.1) is 0 Å². The van der Waals surface area contributed by atoms with Crippen LogP contribution in [-0.4, -0.2) is 12.3 Å². The molecule has 0 bridgehead atoms. The van der Waals surface area contributed by atoms with E-state index in [1.807, 2.05) is 0 Å². The zero-order valence-corrected chi connectivity index (χ0v) is 7.73. The van der Waals surface area contributed by atoms with Gasteiger partial charge in [0.2, 0.25) is 5.30 Å². The molecule has 0 N–H and O–H groups in total. The minimum Gasteiger partial charge on any atom is -0.202 e. The van der Waals surface area contributed by atoms with E-state index in [1.165, 1.54) is 12.1 Å². The van der Waals surface area contributed by atoms with Crippen LogP contribution in [0.25, 0.3) is 0 Å². The van der Waals surface area contributed by atoms with Gasteiger partial charge in [-0.05, 0) is 12.1 Å². The average Bonchev–Trinajstić information content (AvgIpc) is 2.16. The van der Waals surface area contributed by atoms with Crippen LogP contribution in [0.4, 0.5) is 17.6 Å². The first kappa shape index (κ1) is 11.1. The summed E-state index contributed by atoms with van der Waals surface area (Å²) in [6, 6.07) is 4.59. The van der Waals surface area contributed by atoms with E-state index in [0.29, 0.717) is 0 Å². The van der Waals surface area contributed by atoms with Gasteiger partial charge in [0, 0.05) is 0 Å². The summed E-state index contributed by atoms with van der Waals surface area (Å²) in [5.41, 5.74) is 0. The molecule has 0 aliphatic carbocycles. The summed E-state index contributed by atoms with van der Waals surface area (Å²) in [5, 5.41) is -0.504. The number of alkyl halides is 3. The van der Waals surface area contributed by atoms with Gasteiger partial charge in [-0.3, -0.25) is 0 Å². The maximum Gasteiger partial charge on any atom is 0.422 e. The van der Waals surface area contributed by atoms with Gasteiger partial charge in [0.15, 0.2) is 5.82 Å². The molecule has 76 valence electrons. The lowest BCUT2D eigenvalue weighted by Gasteiger charge is -1.95. The molecule has 6 heteroatoms. The Morgan fingerprint density at radius 3 is 2.21 bits per heavy atom. The van der Waals surface area contributed by atoms with Gasteiger partial charge < -0.3 is 0 Å². The molecule has 0 amide bonds. The van der Waals surface area contributed by atoms with Crippen LogP contribution in [0, 0.1) is 5.82 Å². The zero-order valence-electron chi connectivity index (χ0n) is 6.83. The molecule has 1 aromatic rings. The summed E-state index contributed by atoms with van der Waals surface area (Å²) < 4.78 is 60.1. The van der Waals surface area contributed by atoms with Crippen molar-refractivity contribution in [3.8, 4) is 0 Å². The van der Waals surface area contributed by atoms with Crippen molar-refractivity contribution in [1.29, 1.82) is 0 Å². The highest BCUT2D eigenvalue weighted by Gasteiger charge is 2.42. The molecule has 0 heterocycles. The molecule has 14 heavy (non-hydrogen) atoms. The van der Waals surface area contributed by atoms with Gasteiger partial charge >= 0.3 is 20.1 Å². The SMILES string of the molecule is O=[P+](c1ccccc1F)C(F)C(F)F. The van der Waals surface area contributed by atoms with E-state index >= 15 is 0 Å². The summed E-state index contributed by atoms with van der Waals surface area (Å²) in [5.74, 6) is -3.75. The summed E-state index contributed by atoms with van der Waals surface area (Å²) in [6.07, 6.45) is -3.36. The van der Waals surface area contributed by atoms with Crippen LogP contribution < -0.4 is 5.30 Å². The second-order valence-corrected chi connectivity index (χ2v) is 4.11. The van der Waals surface area contributed by atoms with Gasteiger partial charge in [-0.1, -0.05) is 16.7 Å². The average molecular weight is 225 g/mol. The zero-order chi connectivity index (χ0) is 10.7. The second-order valence-electron chi connectivity index (χ2n) is 2.48. The molecule has 1 nitrogen and oxygen atoms in total. The number of hydrogen-bond acceptors (Lipinski definition) is 1. The molecule has 0 saturated heterocycles. The van der Waals surface area contributed by atoms with Gasteiger partial charge in [0.05, 0.1) is 0 Å². The third-order valence-corrected chi connectivity index (χ3v) is 3.03. The third kappa shape index (κ3) is 2.29. The summed E-state index contributed by atoms with van der Waals surface area (Å²) in [6.45, 7) is 0. The molecule has 1 rings (SSSR count). The lowest BCUT2D eigenvalue weighted by Crippen LogP contribution is -2.14. The topological polar surface area (TPSA) is 17.1 Å². The van der Waals surface area contributed by atoms with Crippen molar-refractivity contribution in [3.05, 3.63) is 30.1 Å².